The minimum Gasteiger partial charge on any atom is -0.426 e. The van der Waals surface area contributed by atoms with Crippen LogP contribution in [0.1, 0.15) is 12.0 Å². The van der Waals surface area contributed by atoms with Crippen LogP contribution in [0.25, 0.3) is 0 Å². The van der Waals surface area contributed by atoms with Crippen molar-refractivity contribution in [1.82, 2.24) is 0 Å². The molecule has 0 fully saturated rings. The van der Waals surface area contributed by atoms with Gasteiger partial charge in [-0.15, -0.1) is 0 Å². The van der Waals surface area contributed by atoms with Crippen LogP contribution in [0.2, 0.25) is 0 Å². The van der Waals surface area contributed by atoms with Gasteiger partial charge in [-0.1, -0.05) is 9.95 Å². The summed E-state index contributed by atoms with van der Waals surface area (Å²) in [7, 11) is -5.06. The molecule has 0 unspecified atom stereocenters. The number of halogens is 1. The summed E-state index contributed by atoms with van der Waals surface area (Å²) in [5.41, 5.74) is 0.753. The van der Waals surface area contributed by atoms with Gasteiger partial charge in [-0.05, 0) is 18.1 Å². The molecule has 5 nitrogen and oxygen atoms in total. The number of hydrogen-bond donors (Lipinski definition) is 0. The second-order valence-electron chi connectivity index (χ2n) is 3.22. The average Bonchev–Trinajstić information content (AvgIpc) is 2.14. The Balaban J connectivity index is 2.31. The molecule has 2 rings (SSSR count). The third-order valence-corrected chi connectivity index (χ3v) is 2.45. The zero-order valence-corrected chi connectivity index (χ0v) is 8.79. The molecule has 0 amide bonds. The van der Waals surface area contributed by atoms with E-state index in [4.69, 9.17) is 4.74 Å². The summed E-state index contributed by atoms with van der Waals surface area (Å²) in [6.45, 7) is 0. The first-order valence-corrected chi connectivity index (χ1v) is 5.72. The third-order valence-electron chi connectivity index (χ3n) is 2.06. The quantitative estimate of drug-likeness (QED) is 0.444. The molecule has 0 saturated carbocycles. The zero-order valence-electron chi connectivity index (χ0n) is 7.97. The van der Waals surface area contributed by atoms with E-state index < -0.39 is 16.5 Å². The van der Waals surface area contributed by atoms with Crippen LogP contribution < -0.4 is 8.92 Å². The summed E-state index contributed by atoms with van der Waals surface area (Å²) in [5.74, 6) is -0.430. The Kier molecular flexibility index (Phi) is 2.55. The Morgan fingerprint density at radius 2 is 2.06 bits per heavy atom. The third kappa shape index (κ3) is 2.48. The van der Waals surface area contributed by atoms with Crippen molar-refractivity contribution in [2.45, 2.75) is 12.8 Å². The summed E-state index contributed by atoms with van der Waals surface area (Å²) in [5, 5.41) is 0. The highest BCUT2D eigenvalue weighted by Crippen LogP contribution is 2.30. The topological polar surface area (TPSA) is 69.7 Å². The average molecular weight is 246 g/mol. The maximum Gasteiger partial charge on any atom is 0.488 e. The monoisotopic (exact) mass is 246 g/mol. The van der Waals surface area contributed by atoms with Gasteiger partial charge in [-0.3, -0.25) is 4.79 Å². The Morgan fingerprint density at radius 3 is 2.75 bits per heavy atom. The number of aryl methyl sites for hydroxylation is 1. The fourth-order valence-electron chi connectivity index (χ4n) is 1.41. The van der Waals surface area contributed by atoms with Gasteiger partial charge in [0.05, 0.1) is 6.42 Å². The second kappa shape index (κ2) is 3.75. The maximum absolute atomic E-state index is 12.2. The smallest absolute Gasteiger partial charge is 0.426 e. The molecule has 0 atom stereocenters. The lowest BCUT2D eigenvalue weighted by Gasteiger charge is -2.15. The fourth-order valence-corrected chi connectivity index (χ4v) is 1.75. The van der Waals surface area contributed by atoms with Crippen LogP contribution in [-0.4, -0.2) is 14.4 Å². The van der Waals surface area contributed by atoms with Crippen molar-refractivity contribution in [3.63, 3.8) is 0 Å². The first-order chi connectivity index (χ1) is 7.44. The predicted octanol–water partition coefficient (Wildman–Crippen LogP) is 1.13. The van der Waals surface area contributed by atoms with Crippen molar-refractivity contribution in [2.75, 3.05) is 0 Å². The molecule has 1 aromatic rings. The van der Waals surface area contributed by atoms with E-state index in [1.54, 1.807) is 0 Å². The zero-order chi connectivity index (χ0) is 11.8. The van der Waals surface area contributed by atoms with E-state index in [-0.39, 0.29) is 17.9 Å². The molecule has 0 saturated heterocycles. The Labute approximate surface area is 91.2 Å². The van der Waals surface area contributed by atoms with E-state index >= 15 is 0 Å². The number of carbonyl (C=O) groups excluding carboxylic acids is 1. The van der Waals surface area contributed by atoms with E-state index in [0.29, 0.717) is 6.42 Å². The number of benzene rings is 1. The lowest BCUT2D eigenvalue weighted by Crippen LogP contribution is -2.15. The standard InChI is InChI=1S/C9H7FO5S/c10-16(12,13)15-7-3-1-6-2-4-9(11)14-8(6)5-7/h1,3,5H,2,4H2. The molecular formula is C9H7FO5S. The molecule has 16 heavy (non-hydrogen) atoms. The lowest BCUT2D eigenvalue weighted by molar-refractivity contribution is -0.135. The van der Waals surface area contributed by atoms with Crippen molar-refractivity contribution in [3.05, 3.63) is 23.8 Å². The lowest BCUT2D eigenvalue weighted by atomic mass is 10.1. The van der Waals surface area contributed by atoms with Crippen molar-refractivity contribution >= 4 is 16.5 Å². The minimum atomic E-state index is -5.06. The molecule has 1 aliphatic rings. The number of hydrogen-bond acceptors (Lipinski definition) is 5. The highest BCUT2D eigenvalue weighted by Gasteiger charge is 2.19. The van der Waals surface area contributed by atoms with Crippen LogP contribution in [0, 0.1) is 0 Å². The van der Waals surface area contributed by atoms with E-state index in [0.717, 1.165) is 5.56 Å². The van der Waals surface area contributed by atoms with Crippen LogP contribution >= 0.6 is 0 Å². The molecule has 0 aromatic heterocycles. The first-order valence-electron chi connectivity index (χ1n) is 4.42. The van der Waals surface area contributed by atoms with E-state index in [9.17, 15) is 17.1 Å². The molecule has 7 heteroatoms. The number of esters is 1. The maximum atomic E-state index is 12.2. The number of ether oxygens (including phenoxy) is 1. The molecule has 1 aromatic carbocycles. The predicted molar refractivity (Wildman–Crippen MR) is 51.1 cm³/mol. The SMILES string of the molecule is O=C1CCc2ccc(OS(=O)(=O)F)cc2O1. The van der Waals surface area contributed by atoms with Gasteiger partial charge in [0.2, 0.25) is 0 Å². The number of carbonyl (C=O) groups is 1. The molecule has 1 heterocycles. The van der Waals surface area contributed by atoms with Gasteiger partial charge in [-0.25, -0.2) is 0 Å². The van der Waals surface area contributed by atoms with Gasteiger partial charge in [0.15, 0.2) is 0 Å². The molecule has 86 valence electrons. The molecule has 1 aliphatic heterocycles. The van der Waals surface area contributed by atoms with Crippen molar-refractivity contribution in [2.24, 2.45) is 0 Å². The van der Waals surface area contributed by atoms with Gasteiger partial charge in [-0.2, -0.15) is 8.42 Å². The van der Waals surface area contributed by atoms with Crippen LogP contribution in [0.3, 0.4) is 0 Å². The van der Waals surface area contributed by atoms with Crippen molar-refractivity contribution in [3.8, 4) is 11.5 Å². The van der Waals surface area contributed by atoms with Gasteiger partial charge >= 0.3 is 16.5 Å². The van der Waals surface area contributed by atoms with Crippen LogP contribution in [0.15, 0.2) is 18.2 Å². The Bertz CT molecular complexity index is 537. The van der Waals surface area contributed by atoms with Crippen molar-refractivity contribution in [1.29, 1.82) is 0 Å². The van der Waals surface area contributed by atoms with Crippen LogP contribution in [0.5, 0.6) is 11.5 Å². The molecular weight excluding hydrogens is 239 g/mol. The number of rotatable bonds is 2. The highest BCUT2D eigenvalue weighted by atomic mass is 32.3. The largest absolute Gasteiger partial charge is 0.488 e. The minimum absolute atomic E-state index is 0.206. The molecule has 0 N–H and O–H groups in total. The highest BCUT2D eigenvalue weighted by molar-refractivity contribution is 7.81. The van der Waals surface area contributed by atoms with Crippen molar-refractivity contribution < 1.29 is 26.0 Å². The van der Waals surface area contributed by atoms with E-state index in [1.807, 2.05) is 0 Å². The summed E-state index contributed by atoms with van der Waals surface area (Å²) >= 11 is 0. The molecule has 0 bridgehead atoms. The first kappa shape index (κ1) is 10.9. The summed E-state index contributed by atoms with van der Waals surface area (Å²) in [6, 6.07) is 4.00. The molecule has 0 aliphatic carbocycles. The second-order valence-corrected chi connectivity index (χ2v) is 4.17. The Morgan fingerprint density at radius 1 is 1.31 bits per heavy atom. The van der Waals surface area contributed by atoms with E-state index in [1.165, 1.54) is 18.2 Å². The molecule has 0 radical (unpaired) electrons. The summed E-state index contributed by atoms with van der Waals surface area (Å²) in [4.78, 5) is 11.0. The summed E-state index contributed by atoms with van der Waals surface area (Å²) in [6.07, 6.45) is 0.783. The van der Waals surface area contributed by atoms with Gasteiger partial charge in [0.1, 0.15) is 11.5 Å². The van der Waals surface area contributed by atoms with Crippen LogP contribution in [-0.2, 0) is 21.7 Å². The van der Waals surface area contributed by atoms with E-state index in [2.05, 4.69) is 4.18 Å². The molecule has 0 spiro atoms. The van der Waals surface area contributed by atoms with Crippen LogP contribution in [0.4, 0.5) is 3.89 Å². The number of fused-ring (bicyclic) bond motifs is 1. The normalized spacial score (nSPS) is 15.2. The fraction of sp³-hybridized carbons (Fsp3) is 0.222. The van der Waals surface area contributed by atoms with Gasteiger partial charge in [0.25, 0.3) is 0 Å². The Hall–Kier alpha value is -1.63. The van der Waals surface area contributed by atoms with Gasteiger partial charge < -0.3 is 8.92 Å². The summed E-state index contributed by atoms with van der Waals surface area (Å²) < 4.78 is 41.6. The van der Waals surface area contributed by atoms with Gasteiger partial charge in [0, 0.05) is 6.07 Å².